The molecule has 6 heteroatoms. The lowest BCUT2D eigenvalue weighted by atomic mass is 9.83. The van der Waals surface area contributed by atoms with Crippen molar-refractivity contribution in [2.75, 3.05) is 11.9 Å². The summed E-state index contributed by atoms with van der Waals surface area (Å²) in [4.78, 5) is 26.7. The van der Waals surface area contributed by atoms with E-state index in [9.17, 15) is 9.59 Å². The molecule has 0 bridgehead atoms. The van der Waals surface area contributed by atoms with E-state index >= 15 is 0 Å². The molecule has 0 unspecified atom stereocenters. The smallest absolute Gasteiger partial charge is 0.245 e. The van der Waals surface area contributed by atoms with Gasteiger partial charge in [0, 0.05) is 18.0 Å². The number of nitrogens with one attached hydrogen (secondary N) is 1. The Bertz CT molecular complexity index is 505. The molecule has 1 aromatic rings. The van der Waals surface area contributed by atoms with Gasteiger partial charge in [-0.2, -0.15) is 0 Å². The molecule has 2 aliphatic carbocycles. The van der Waals surface area contributed by atoms with E-state index in [2.05, 4.69) is 10.5 Å². The molecule has 0 aliphatic heterocycles. The normalized spacial score (nSPS) is 19.5. The molecule has 0 aromatic carbocycles. The van der Waals surface area contributed by atoms with Crippen molar-refractivity contribution < 1.29 is 14.1 Å². The minimum absolute atomic E-state index is 0.118. The molecule has 2 aliphatic rings. The summed E-state index contributed by atoms with van der Waals surface area (Å²) in [5.41, 5.74) is 0. The van der Waals surface area contributed by atoms with Gasteiger partial charge in [0.05, 0.1) is 0 Å². The van der Waals surface area contributed by atoms with Crippen LogP contribution in [0.15, 0.2) is 16.9 Å². The quantitative estimate of drug-likeness (QED) is 0.907. The number of carbonyl (C=O) groups is 2. The van der Waals surface area contributed by atoms with Crippen LogP contribution in [0, 0.1) is 5.92 Å². The fourth-order valence-electron chi connectivity index (χ4n) is 3.28. The Hall–Kier alpha value is -1.85. The van der Waals surface area contributed by atoms with Crippen LogP contribution in [-0.4, -0.2) is 34.5 Å². The lowest BCUT2D eigenvalue weighted by molar-refractivity contribution is -0.143. The van der Waals surface area contributed by atoms with Crippen LogP contribution in [0.5, 0.6) is 0 Å². The molecule has 2 fully saturated rings. The van der Waals surface area contributed by atoms with Crippen molar-refractivity contribution in [3.63, 3.8) is 0 Å². The van der Waals surface area contributed by atoms with Gasteiger partial charge in [0.25, 0.3) is 0 Å². The highest BCUT2D eigenvalue weighted by Crippen LogP contribution is 2.31. The first kappa shape index (κ1) is 15.1. The zero-order chi connectivity index (χ0) is 15.4. The van der Waals surface area contributed by atoms with Crippen molar-refractivity contribution >= 4 is 17.6 Å². The van der Waals surface area contributed by atoms with Crippen molar-refractivity contribution in [2.24, 2.45) is 5.92 Å². The molecular formula is C16H23N3O3. The summed E-state index contributed by atoms with van der Waals surface area (Å²) in [6, 6.07) is 1.81. The van der Waals surface area contributed by atoms with Gasteiger partial charge in [-0.25, -0.2) is 0 Å². The van der Waals surface area contributed by atoms with Crippen molar-refractivity contribution in [1.82, 2.24) is 10.1 Å². The number of amides is 2. The summed E-state index contributed by atoms with van der Waals surface area (Å²) in [6.45, 7) is 0.118. The number of aromatic nitrogens is 1. The zero-order valence-corrected chi connectivity index (χ0v) is 12.8. The maximum absolute atomic E-state index is 12.7. The maximum atomic E-state index is 12.7. The number of carbonyl (C=O) groups excluding carboxylic acids is 2. The Kier molecular flexibility index (Phi) is 4.75. The van der Waals surface area contributed by atoms with Gasteiger partial charge in [0.1, 0.15) is 12.8 Å². The number of anilines is 1. The maximum Gasteiger partial charge on any atom is 0.245 e. The predicted octanol–water partition coefficient (Wildman–Crippen LogP) is 2.57. The van der Waals surface area contributed by atoms with E-state index in [1.165, 1.54) is 12.7 Å². The zero-order valence-electron chi connectivity index (χ0n) is 12.8. The molecule has 0 saturated heterocycles. The fraction of sp³-hybridized carbons (Fsp3) is 0.688. The molecule has 3 rings (SSSR count). The van der Waals surface area contributed by atoms with E-state index in [-0.39, 0.29) is 30.3 Å². The summed E-state index contributed by atoms with van der Waals surface area (Å²) in [5, 5.41) is 6.36. The Balaban J connectivity index is 1.64. The molecule has 1 aromatic heterocycles. The van der Waals surface area contributed by atoms with Gasteiger partial charge in [-0.3, -0.25) is 9.59 Å². The number of rotatable bonds is 5. The second kappa shape index (κ2) is 6.94. The van der Waals surface area contributed by atoms with Crippen LogP contribution in [0.4, 0.5) is 5.82 Å². The molecule has 6 nitrogen and oxygen atoms in total. The monoisotopic (exact) mass is 305 g/mol. The van der Waals surface area contributed by atoms with E-state index in [0.717, 1.165) is 44.9 Å². The third-order valence-electron chi connectivity index (χ3n) is 4.77. The number of hydrogen-bond donors (Lipinski definition) is 1. The Morgan fingerprint density at radius 1 is 1.18 bits per heavy atom. The van der Waals surface area contributed by atoms with Gasteiger partial charge in [-0.05, 0) is 25.7 Å². The Morgan fingerprint density at radius 3 is 2.55 bits per heavy atom. The van der Waals surface area contributed by atoms with Crippen LogP contribution in [0.25, 0.3) is 0 Å². The van der Waals surface area contributed by atoms with Crippen molar-refractivity contribution in [1.29, 1.82) is 0 Å². The van der Waals surface area contributed by atoms with Gasteiger partial charge in [-0.1, -0.05) is 30.8 Å². The highest BCUT2D eigenvalue weighted by molar-refractivity contribution is 5.94. The summed E-state index contributed by atoms with van der Waals surface area (Å²) < 4.78 is 4.70. The van der Waals surface area contributed by atoms with E-state index in [4.69, 9.17) is 4.52 Å². The SMILES string of the molecule is O=C(CN(C(=O)C1CCC1)C1CCCCC1)Nc1ccon1. The third kappa shape index (κ3) is 3.48. The molecule has 22 heavy (non-hydrogen) atoms. The van der Waals surface area contributed by atoms with Crippen molar-refractivity contribution in [3.05, 3.63) is 12.3 Å². The summed E-state index contributed by atoms with van der Waals surface area (Å²) in [6.07, 6.45) is 10.0. The molecular weight excluding hydrogens is 282 g/mol. The highest BCUT2D eigenvalue weighted by atomic mass is 16.5. The second-order valence-corrected chi connectivity index (χ2v) is 6.32. The molecule has 1 heterocycles. The van der Waals surface area contributed by atoms with Crippen molar-refractivity contribution in [2.45, 2.75) is 57.4 Å². The topological polar surface area (TPSA) is 75.4 Å². The van der Waals surface area contributed by atoms with Crippen LogP contribution in [-0.2, 0) is 9.59 Å². The van der Waals surface area contributed by atoms with E-state index < -0.39 is 0 Å². The minimum atomic E-state index is -0.202. The van der Waals surface area contributed by atoms with Gasteiger partial charge in [-0.15, -0.1) is 0 Å². The lowest BCUT2D eigenvalue weighted by Gasteiger charge is -2.38. The Morgan fingerprint density at radius 2 is 1.95 bits per heavy atom. The van der Waals surface area contributed by atoms with Gasteiger partial charge < -0.3 is 14.7 Å². The predicted molar refractivity (Wildman–Crippen MR) is 81.1 cm³/mol. The lowest BCUT2D eigenvalue weighted by Crippen LogP contribution is -2.49. The number of nitrogens with zero attached hydrogens (tertiary/aromatic N) is 2. The molecule has 120 valence electrons. The van der Waals surface area contributed by atoms with E-state index in [0.29, 0.717) is 5.82 Å². The third-order valence-corrected chi connectivity index (χ3v) is 4.77. The fourth-order valence-corrected chi connectivity index (χ4v) is 3.28. The Labute approximate surface area is 130 Å². The van der Waals surface area contributed by atoms with Crippen LogP contribution < -0.4 is 5.32 Å². The highest BCUT2D eigenvalue weighted by Gasteiger charge is 2.34. The van der Waals surface area contributed by atoms with Crippen LogP contribution in [0.2, 0.25) is 0 Å². The summed E-state index contributed by atoms with van der Waals surface area (Å²) in [7, 11) is 0. The van der Waals surface area contributed by atoms with E-state index in [1.54, 1.807) is 6.07 Å². The van der Waals surface area contributed by atoms with Crippen LogP contribution in [0.3, 0.4) is 0 Å². The van der Waals surface area contributed by atoms with Gasteiger partial charge in [0.15, 0.2) is 5.82 Å². The van der Waals surface area contributed by atoms with Crippen LogP contribution in [0.1, 0.15) is 51.4 Å². The standard InChI is InChI=1S/C16H23N3O3/c20-15(17-14-9-10-22-18-14)11-19(13-7-2-1-3-8-13)16(21)12-5-4-6-12/h9-10,12-13H,1-8,11H2,(H,17,18,20). The van der Waals surface area contributed by atoms with Crippen molar-refractivity contribution in [3.8, 4) is 0 Å². The largest absolute Gasteiger partial charge is 0.363 e. The number of hydrogen-bond acceptors (Lipinski definition) is 4. The van der Waals surface area contributed by atoms with Gasteiger partial charge in [0.2, 0.25) is 11.8 Å². The molecule has 1 N–H and O–H groups in total. The molecule has 2 amide bonds. The van der Waals surface area contributed by atoms with E-state index in [1.807, 2.05) is 4.90 Å². The van der Waals surface area contributed by atoms with Gasteiger partial charge >= 0.3 is 0 Å². The first-order valence-corrected chi connectivity index (χ1v) is 8.25. The molecule has 0 radical (unpaired) electrons. The average Bonchev–Trinajstić information content (AvgIpc) is 2.96. The average molecular weight is 305 g/mol. The molecule has 0 atom stereocenters. The summed E-state index contributed by atoms with van der Waals surface area (Å²) >= 11 is 0. The molecule has 0 spiro atoms. The minimum Gasteiger partial charge on any atom is -0.363 e. The molecule has 2 saturated carbocycles. The first-order chi connectivity index (χ1) is 10.7. The second-order valence-electron chi connectivity index (χ2n) is 6.32. The first-order valence-electron chi connectivity index (χ1n) is 8.25. The summed E-state index contributed by atoms with van der Waals surface area (Å²) in [5.74, 6) is 0.479. The van der Waals surface area contributed by atoms with Crippen LogP contribution >= 0.6 is 0 Å².